The predicted molar refractivity (Wildman–Crippen MR) is 73.1 cm³/mol. The molecule has 0 radical (unpaired) electrons. The van der Waals surface area contributed by atoms with Gasteiger partial charge in [-0.3, -0.25) is 0 Å². The average molecular weight is 335 g/mol. The first-order chi connectivity index (χ1) is 7.04. The van der Waals surface area contributed by atoms with E-state index in [1.807, 2.05) is 7.05 Å². The minimum atomic E-state index is 0.414. The highest BCUT2D eigenvalue weighted by atomic mass is 79.9. The van der Waals surface area contributed by atoms with Gasteiger partial charge in [0.2, 0.25) is 0 Å². The summed E-state index contributed by atoms with van der Waals surface area (Å²) in [5.41, 5.74) is 1.32. The van der Waals surface area contributed by atoms with Gasteiger partial charge in [-0.1, -0.05) is 45.7 Å². The van der Waals surface area contributed by atoms with Crippen LogP contribution < -0.4 is 5.32 Å². The SMILES string of the molecule is CNC(CC(C)C)c1cc(Br)ccc1Br. The van der Waals surface area contributed by atoms with Crippen LogP contribution in [-0.2, 0) is 0 Å². The maximum absolute atomic E-state index is 3.60. The molecule has 1 unspecified atom stereocenters. The molecule has 1 N–H and O–H groups in total. The fraction of sp³-hybridized carbons (Fsp3) is 0.500. The molecule has 3 heteroatoms. The molecular formula is C12H17Br2N. The Labute approximate surface area is 109 Å². The lowest BCUT2D eigenvalue weighted by molar-refractivity contribution is 0.455. The molecule has 0 aliphatic rings. The molecule has 84 valence electrons. The first kappa shape index (κ1) is 13.2. The minimum Gasteiger partial charge on any atom is -0.313 e. The molecule has 0 aliphatic carbocycles. The summed E-state index contributed by atoms with van der Waals surface area (Å²) in [5.74, 6) is 0.688. The van der Waals surface area contributed by atoms with Crippen molar-refractivity contribution in [1.82, 2.24) is 5.32 Å². The van der Waals surface area contributed by atoms with E-state index in [1.165, 1.54) is 10.0 Å². The zero-order valence-electron chi connectivity index (χ0n) is 9.35. The molecule has 0 spiro atoms. The van der Waals surface area contributed by atoms with Crippen LogP contribution in [-0.4, -0.2) is 7.05 Å². The summed E-state index contributed by atoms with van der Waals surface area (Å²) in [5, 5.41) is 3.37. The van der Waals surface area contributed by atoms with Crippen molar-refractivity contribution in [1.29, 1.82) is 0 Å². The summed E-state index contributed by atoms with van der Waals surface area (Å²) in [6.45, 7) is 4.49. The number of rotatable bonds is 4. The van der Waals surface area contributed by atoms with E-state index >= 15 is 0 Å². The average Bonchev–Trinajstić information content (AvgIpc) is 2.18. The zero-order valence-corrected chi connectivity index (χ0v) is 12.5. The summed E-state index contributed by atoms with van der Waals surface area (Å²) in [4.78, 5) is 0. The van der Waals surface area contributed by atoms with Gasteiger partial charge in [-0.25, -0.2) is 0 Å². The van der Waals surface area contributed by atoms with Gasteiger partial charge >= 0.3 is 0 Å². The van der Waals surface area contributed by atoms with E-state index < -0.39 is 0 Å². The number of benzene rings is 1. The number of hydrogen-bond acceptors (Lipinski definition) is 1. The number of hydrogen-bond donors (Lipinski definition) is 1. The fourth-order valence-corrected chi connectivity index (χ4v) is 2.56. The Morgan fingerprint density at radius 3 is 2.47 bits per heavy atom. The normalized spacial score (nSPS) is 13.2. The third-order valence-electron chi connectivity index (χ3n) is 2.39. The molecule has 1 aromatic carbocycles. The van der Waals surface area contributed by atoms with Crippen molar-refractivity contribution >= 4 is 31.9 Å². The second-order valence-corrected chi connectivity index (χ2v) is 5.91. The molecule has 1 aromatic rings. The summed E-state index contributed by atoms with van der Waals surface area (Å²) in [6, 6.07) is 6.73. The van der Waals surface area contributed by atoms with Gasteiger partial charge in [0.25, 0.3) is 0 Å². The van der Waals surface area contributed by atoms with E-state index in [9.17, 15) is 0 Å². The molecule has 0 aromatic heterocycles. The molecule has 0 saturated carbocycles. The highest BCUT2D eigenvalue weighted by Crippen LogP contribution is 2.30. The van der Waals surface area contributed by atoms with Gasteiger partial charge in [0.1, 0.15) is 0 Å². The second kappa shape index (κ2) is 6.02. The molecule has 0 heterocycles. The molecular weight excluding hydrogens is 318 g/mol. The molecule has 0 aliphatic heterocycles. The monoisotopic (exact) mass is 333 g/mol. The standard InChI is InChI=1S/C12H17Br2N/c1-8(2)6-12(15-3)10-7-9(13)4-5-11(10)14/h4-5,7-8,12,15H,6H2,1-3H3. The largest absolute Gasteiger partial charge is 0.313 e. The lowest BCUT2D eigenvalue weighted by Crippen LogP contribution is -2.18. The van der Waals surface area contributed by atoms with E-state index in [0.29, 0.717) is 12.0 Å². The Morgan fingerprint density at radius 2 is 1.93 bits per heavy atom. The Kier molecular flexibility index (Phi) is 5.30. The van der Waals surface area contributed by atoms with Crippen LogP contribution in [0.1, 0.15) is 31.9 Å². The van der Waals surface area contributed by atoms with Crippen LogP contribution in [0.3, 0.4) is 0 Å². The lowest BCUT2D eigenvalue weighted by Gasteiger charge is -2.20. The van der Waals surface area contributed by atoms with Crippen LogP contribution in [0.15, 0.2) is 27.1 Å². The lowest BCUT2D eigenvalue weighted by atomic mass is 9.97. The molecule has 0 fully saturated rings. The maximum Gasteiger partial charge on any atom is 0.0331 e. The molecule has 15 heavy (non-hydrogen) atoms. The van der Waals surface area contributed by atoms with Crippen LogP contribution in [0.5, 0.6) is 0 Å². The number of halogens is 2. The minimum absolute atomic E-state index is 0.414. The maximum atomic E-state index is 3.60. The van der Waals surface area contributed by atoms with Gasteiger partial charge < -0.3 is 5.32 Å². The smallest absolute Gasteiger partial charge is 0.0331 e. The van der Waals surface area contributed by atoms with E-state index in [-0.39, 0.29) is 0 Å². The van der Waals surface area contributed by atoms with Crippen LogP contribution in [0.2, 0.25) is 0 Å². The molecule has 0 saturated heterocycles. The van der Waals surface area contributed by atoms with Crippen LogP contribution in [0.4, 0.5) is 0 Å². The topological polar surface area (TPSA) is 12.0 Å². The molecule has 0 bridgehead atoms. The van der Waals surface area contributed by atoms with Gasteiger partial charge in [0, 0.05) is 15.0 Å². The molecule has 1 rings (SSSR count). The molecule has 1 atom stereocenters. The summed E-state index contributed by atoms with van der Waals surface area (Å²) >= 11 is 7.11. The van der Waals surface area contributed by atoms with Gasteiger partial charge in [-0.05, 0) is 43.1 Å². The Hall–Kier alpha value is 0.140. The third-order valence-corrected chi connectivity index (χ3v) is 3.60. The highest BCUT2D eigenvalue weighted by Gasteiger charge is 2.14. The third kappa shape index (κ3) is 3.89. The van der Waals surface area contributed by atoms with Crippen LogP contribution in [0, 0.1) is 5.92 Å². The van der Waals surface area contributed by atoms with E-state index in [4.69, 9.17) is 0 Å². The van der Waals surface area contributed by atoms with E-state index in [2.05, 4.69) is 69.2 Å². The number of nitrogens with one attached hydrogen (secondary N) is 1. The van der Waals surface area contributed by atoms with Crippen molar-refractivity contribution < 1.29 is 0 Å². The Bertz CT molecular complexity index is 323. The second-order valence-electron chi connectivity index (χ2n) is 4.14. The first-order valence-corrected chi connectivity index (χ1v) is 6.75. The zero-order chi connectivity index (χ0) is 11.4. The van der Waals surface area contributed by atoms with Crippen molar-refractivity contribution in [3.63, 3.8) is 0 Å². The van der Waals surface area contributed by atoms with E-state index in [1.54, 1.807) is 0 Å². The van der Waals surface area contributed by atoms with Gasteiger partial charge in [-0.2, -0.15) is 0 Å². The van der Waals surface area contributed by atoms with Crippen molar-refractivity contribution in [3.05, 3.63) is 32.7 Å². The highest BCUT2D eigenvalue weighted by molar-refractivity contribution is 9.11. The van der Waals surface area contributed by atoms with Crippen molar-refractivity contribution in [2.45, 2.75) is 26.3 Å². The Balaban J connectivity index is 2.95. The molecule has 1 nitrogen and oxygen atoms in total. The van der Waals surface area contributed by atoms with Crippen molar-refractivity contribution in [2.24, 2.45) is 5.92 Å². The molecule has 0 amide bonds. The van der Waals surface area contributed by atoms with Gasteiger partial charge in [-0.15, -0.1) is 0 Å². The van der Waals surface area contributed by atoms with Gasteiger partial charge in [0.15, 0.2) is 0 Å². The van der Waals surface area contributed by atoms with Crippen molar-refractivity contribution in [3.8, 4) is 0 Å². The van der Waals surface area contributed by atoms with Crippen LogP contribution >= 0.6 is 31.9 Å². The quantitative estimate of drug-likeness (QED) is 0.853. The van der Waals surface area contributed by atoms with Gasteiger partial charge in [0.05, 0.1) is 0 Å². The van der Waals surface area contributed by atoms with E-state index in [0.717, 1.165) is 10.9 Å². The van der Waals surface area contributed by atoms with Crippen LogP contribution in [0.25, 0.3) is 0 Å². The Morgan fingerprint density at radius 1 is 1.27 bits per heavy atom. The summed E-state index contributed by atoms with van der Waals surface area (Å²) in [7, 11) is 2.01. The first-order valence-electron chi connectivity index (χ1n) is 5.16. The fourth-order valence-electron chi connectivity index (χ4n) is 1.65. The van der Waals surface area contributed by atoms with Crippen molar-refractivity contribution in [2.75, 3.05) is 7.05 Å². The summed E-state index contributed by atoms with van der Waals surface area (Å²) in [6.07, 6.45) is 1.14. The predicted octanol–water partition coefficient (Wildman–Crippen LogP) is 4.52. The summed E-state index contributed by atoms with van der Waals surface area (Å²) < 4.78 is 2.30.